The van der Waals surface area contributed by atoms with Crippen LogP contribution in [0, 0.1) is 0 Å². The van der Waals surface area contributed by atoms with Crippen molar-refractivity contribution < 1.29 is 4.79 Å². The Labute approximate surface area is 154 Å². The van der Waals surface area contributed by atoms with Gasteiger partial charge in [-0.2, -0.15) is 0 Å². The van der Waals surface area contributed by atoms with Crippen LogP contribution in [0.25, 0.3) is 0 Å². The van der Waals surface area contributed by atoms with Gasteiger partial charge in [-0.05, 0) is 56.0 Å². The predicted octanol–water partition coefficient (Wildman–Crippen LogP) is 4.40. The SMILES string of the molecule is CNC(=O)Cc1ccc(Cl)c(Cl)c1C1CCCCC1N1CCCC1. The van der Waals surface area contributed by atoms with Crippen LogP contribution in [0.4, 0.5) is 0 Å². The van der Waals surface area contributed by atoms with Gasteiger partial charge < -0.3 is 5.32 Å². The van der Waals surface area contributed by atoms with Gasteiger partial charge in [0, 0.05) is 19.0 Å². The van der Waals surface area contributed by atoms with E-state index in [0.29, 0.717) is 28.4 Å². The van der Waals surface area contributed by atoms with Crippen LogP contribution in [-0.2, 0) is 11.2 Å². The molecular formula is C19H26Cl2N2O. The lowest BCUT2D eigenvalue weighted by molar-refractivity contribution is -0.119. The summed E-state index contributed by atoms with van der Waals surface area (Å²) in [5.74, 6) is 0.394. The second kappa shape index (κ2) is 8.07. The molecule has 1 amide bonds. The molecule has 0 spiro atoms. The van der Waals surface area contributed by atoms with Gasteiger partial charge in [0.05, 0.1) is 16.5 Å². The molecule has 1 aromatic rings. The molecule has 1 saturated heterocycles. The van der Waals surface area contributed by atoms with Gasteiger partial charge >= 0.3 is 0 Å². The summed E-state index contributed by atoms with van der Waals surface area (Å²) in [5, 5.41) is 3.96. The number of carbonyl (C=O) groups is 1. The Morgan fingerprint density at radius 3 is 2.58 bits per heavy atom. The molecule has 2 unspecified atom stereocenters. The lowest BCUT2D eigenvalue weighted by Crippen LogP contribution is -2.40. The molecule has 2 aliphatic rings. The number of hydrogen-bond donors (Lipinski definition) is 1. The van der Waals surface area contributed by atoms with Crippen molar-refractivity contribution in [3.8, 4) is 0 Å². The molecule has 1 aromatic carbocycles. The molecule has 1 saturated carbocycles. The van der Waals surface area contributed by atoms with Crippen molar-refractivity contribution in [1.82, 2.24) is 10.2 Å². The van der Waals surface area contributed by atoms with Crippen LogP contribution >= 0.6 is 23.2 Å². The highest BCUT2D eigenvalue weighted by Crippen LogP contribution is 2.43. The van der Waals surface area contributed by atoms with Gasteiger partial charge in [-0.3, -0.25) is 9.69 Å². The van der Waals surface area contributed by atoms with Crippen molar-refractivity contribution in [2.75, 3.05) is 20.1 Å². The van der Waals surface area contributed by atoms with E-state index in [0.717, 1.165) is 17.5 Å². The highest BCUT2D eigenvalue weighted by molar-refractivity contribution is 6.42. The molecular weight excluding hydrogens is 343 g/mol. The molecule has 3 rings (SSSR count). The van der Waals surface area contributed by atoms with E-state index < -0.39 is 0 Å². The second-order valence-corrected chi connectivity index (χ2v) is 7.77. The van der Waals surface area contributed by atoms with Gasteiger partial charge in [0.15, 0.2) is 0 Å². The number of benzene rings is 1. The highest BCUT2D eigenvalue weighted by Gasteiger charge is 2.35. The van der Waals surface area contributed by atoms with Gasteiger partial charge in [-0.1, -0.05) is 42.1 Å². The number of nitrogens with one attached hydrogen (secondary N) is 1. The average molecular weight is 369 g/mol. The van der Waals surface area contributed by atoms with Crippen LogP contribution in [-0.4, -0.2) is 37.0 Å². The molecule has 132 valence electrons. The standard InChI is InChI=1S/C19H26Cl2N2O/c1-22-17(24)12-13-8-9-15(20)19(21)18(13)14-6-2-3-7-16(14)23-10-4-5-11-23/h8-9,14,16H,2-7,10-12H2,1H3,(H,22,24). The van der Waals surface area contributed by atoms with Crippen molar-refractivity contribution in [3.05, 3.63) is 33.3 Å². The fourth-order valence-electron chi connectivity index (χ4n) is 4.38. The quantitative estimate of drug-likeness (QED) is 0.853. The minimum Gasteiger partial charge on any atom is -0.359 e. The number of nitrogens with zero attached hydrogens (tertiary/aromatic N) is 1. The van der Waals surface area contributed by atoms with Gasteiger partial charge in [-0.15, -0.1) is 0 Å². The monoisotopic (exact) mass is 368 g/mol. The zero-order chi connectivity index (χ0) is 17.1. The van der Waals surface area contributed by atoms with Crippen molar-refractivity contribution >= 4 is 29.1 Å². The molecule has 0 radical (unpaired) electrons. The molecule has 1 N–H and O–H groups in total. The van der Waals surface area contributed by atoms with Crippen LogP contribution in [0.1, 0.15) is 55.6 Å². The highest BCUT2D eigenvalue weighted by atomic mass is 35.5. The Morgan fingerprint density at radius 2 is 1.88 bits per heavy atom. The maximum absolute atomic E-state index is 12.0. The molecule has 0 aromatic heterocycles. The molecule has 1 heterocycles. The summed E-state index contributed by atoms with van der Waals surface area (Å²) in [7, 11) is 1.67. The summed E-state index contributed by atoms with van der Waals surface area (Å²) in [5.41, 5.74) is 2.14. The van der Waals surface area contributed by atoms with E-state index in [-0.39, 0.29) is 5.91 Å². The smallest absolute Gasteiger partial charge is 0.224 e. The van der Waals surface area contributed by atoms with Crippen molar-refractivity contribution in [3.63, 3.8) is 0 Å². The largest absolute Gasteiger partial charge is 0.359 e. The third-order valence-electron chi connectivity index (χ3n) is 5.56. The summed E-state index contributed by atoms with van der Waals surface area (Å²) in [6.07, 6.45) is 7.79. The number of carbonyl (C=O) groups excluding carboxylic acids is 1. The summed E-state index contributed by atoms with van der Waals surface area (Å²) in [4.78, 5) is 14.6. The van der Waals surface area contributed by atoms with Crippen LogP contribution < -0.4 is 5.32 Å². The first-order valence-electron chi connectivity index (χ1n) is 9.03. The van der Waals surface area contributed by atoms with Crippen molar-refractivity contribution in [2.45, 2.75) is 56.9 Å². The Bertz CT molecular complexity index is 599. The van der Waals surface area contributed by atoms with E-state index in [1.54, 1.807) is 7.05 Å². The number of halogens is 2. The number of likely N-dealkylation sites (tertiary alicyclic amines) is 1. The first-order chi connectivity index (χ1) is 11.6. The fourth-order valence-corrected chi connectivity index (χ4v) is 4.87. The molecule has 1 aliphatic heterocycles. The summed E-state index contributed by atoms with van der Waals surface area (Å²) >= 11 is 13.0. The lowest BCUT2D eigenvalue weighted by atomic mass is 9.77. The van der Waals surface area contributed by atoms with Gasteiger partial charge in [0.25, 0.3) is 0 Å². The molecule has 2 fully saturated rings. The van der Waals surface area contributed by atoms with Crippen LogP contribution in [0.2, 0.25) is 10.0 Å². The Hall–Kier alpha value is -0.770. The lowest BCUT2D eigenvalue weighted by Gasteiger charge is -2.39. The minimum atomic E-state index is 0.0168. The summed E-state index contributed by atoms with van der Waals surface area (Å²) in [6.45, 7) is 2.37. The molecule has 3 nitrogen and oxygen atoms in total. The second-order valence-electron chi connectivity index (χ2n) is 6.99. The van der Waals surface area contributed by atoms with Gasteiger partial charge in [-0.25, -0.2) is 0 Å². The molecule has 2 atom stereocenters. The number of amides is 1. The van der Waals surface area contributed by atoms with Crippen molar-refractivity contribution in [2.24, 2.45) is 0 Å². The zero-order valence-electron chi connectivity index (χ0n) is 14.3. The fraction of sp³-hybridized carbons (Fsp3) is 0.632. The first-order valence-corrected chi connectivity index (χ1v) is 9.78. The Balaban J connectivity index is 1.97. The molecule has 24 heavy (non-hydrogen) atoms. The van der Waals surface area contributed by atoms with E-state index in [4.69, 9.17) is 23.2 Å². The Kier molecular flexibility index (Phi) is 6.07. The predicted molar refractivity (Wildman–Crippen MR) is 100 cm³/mol. The van der Waals surface area contributed by atoms with Crippen molar-refractivity contribution in [1.29, 1.82) is 0 Å². The van der Waals surface area contributed by atoms with E-state index in [9.17, 15) is 4.79 Å². The normalized spacial score (nSPS) is 25.0. The maximum atomic E-state index is 12.0. The topological polar surface area (TPSA) is 32.3 Å². The maximum Gasteiger partial charge on any atom is 0.224 e. The summed E-state index contributed by atoms with van der Waals surface area (Å²) < 4.78 is 0. The number of likely N-dealkylation sites (N-methyl/N-ethyl adjacent to an activating group) is 1. The van der Waals surface area contributed by atoms with Crippen LogP contribution in [0.5, 0.6) is 0 Å². The Morgan fingerprint density at radius 1 is 1.17 bits per heavy atom. The molecule has 0 bridgehead atoms. The minimum absolute atomic E-state index is 0.0168. The third kappa shape index (κ3) is 3.74. The van der Waals surface area contributed by atoms with E-state index in [1.165, 1.54) is 45.2 Å². The van der Waals surface area contributed by atoms with E-state index >= 15 is 0 Å². The zero-order valence-corrected chi connectivity index (χ0v) is 15.8. The molecule has 1 aliphatic carbocycles. The van der Waals surface area contributed by atoms with Gasteiger partial charge in [0.2, 0.25) is 5.91 Å². The average Bonchev–Trinajstić information content (AvgIpc) is 3.13. The van der Waals surface area contributed by atoms with Crippen LogP contribution in [0.3, 0.4) is 0 Å². The number of hydrogen-bond acceptors (Lipinski definition) is 2. The first kappa shape index (κ1) is 18.0. The summed E-state index contributed by atoms with van der Waals surface area (Å²) in [6, 6.07) is 4.33. The van der Waals surface area contributed by atoms with Crippen LogP contribution in [0.15, 0.2) is 12.1 Å². The van der Waals surface area contributed by atoms with E-state index in [1.807, 2.05) is 12.1 Å². The molecule has 5 heteroatoms. The van der Waals surface area contributed by atoms with Gasteiger partial charge in [0.1, 0.15) is 0 Å². The van der Waals surface area contributed by atoms with E-state index in [2.05, 4.69) is 10.2 Å². The number of rotatable bonds is 4. The third-order valence-corrected chi connectivity index (χ3v) is 6.38.